The van der Waals surface area contributed by atoms with Crippen molar-refractivity contribution in [2.45, 2.75) is 25.3 Å². The van der Waals surface area contributed by atoms with E-state index in [1.165, 1.54) is 19.2 Å². The van der Waals surface area contributed by atoms with Crippen molar-refractivity contribution in [2.24, 2.45) is 5.10 Å². The lowest BCUT2D eigenvalue weighted by Crippen LogP contribution is -2.52. The molecular weight excluding hydrogens is 387 g/mol. The third kappa shape index (κ3) is 3.23. The summed E-state index contributed by atoms with van der Waals surface area (Å²) in [5.74, 6) is -1.05. The number of methoxy groups -OCH3 is 1. The van der Waals surface area contributed by atoms with Crippen LogP contribution in [0, 0.1) is 12.7 Å². The summed E-state index contributed by atoms with van der Waals surface area (Å²) in [6, 6.07) is 18.0. The number of carbonyl (C=O) groups is 1. The number of aryl methyl sites for hydroxylation is 1. The van der Waals surface area contributed by atoms with Gasteiger partial charge in [-0.2, -0.15) is 5.10 Å². The maximum atomic E-state index is 13.5. The number of ether oxygens (including phenoxy) is 1. The van der Waals surface area contributed by atoms with Crippen LogP contribution >= 0.6 is 11.3 Å². The highest BCUT2D eigenvalue weighted by Gasteiger charge is 2.56. The predicted molar refractivity (Wildman–Crippen MR) is 114 cm³/mol. The number of hydrogen-bond acceptors (Lipinski definition) is 5. The predicted octanol–water partition coefficient (Wildman–Crippen LogP) is 5.14. The highest BCUT2D eigenvalue weighted by molar-refractivity contribution is 7.10. The Hall–Kier alpha value is -2.99. The molecule has 0 spiro atoms. The van der Waals surface area contributed by atoms with Crippen molar-refractivity contribution in [3.63, 3.8) is 0 Å². The summed E-state index contributed by atoms with van der Waals surface area (Å²) >= 11 is 1.56. The minimum absolute atomic E-state index is 0.314. The summed E-state index contributed by atoms with van der Waals surface area (Å²) < 4.78 is 18.8. The van der Waals surface area contributed by atoms with Gasteiger partial charge in [0.05, 0.1) is 24.4 Å². The van der Waals surface area contributed by atoms with Gasteiger partial charge in [0.2, 0.25) is 0 Å². The van der Waals surface area contributed by atoms with Gasteiger partial charge < -0.3 is 4.74 Å². The van der Waals surface area contributed by atoms with E-state index in [1.807, 2.05) is 55.6 Å². The fraction of sp³-hybridized carbons (Fsp3) is 0.217. The Balaban J connectivity index is 1.93. The molecule has 1 aromatic heterocycles. The molecule has 4 nitrogen and oxygen atoms in total. The van der Waals surface area contributed by atoms with Crippen LogP contribution in [0.3, 0.4) is 0 Å². The molecule has 3 aromatic rings. The second kappa shape index (κ2) is 7.44. The molecule has 0 saturated heterocycles. The van der Waals surface area contributed by atoms with Crippen molar-refractivity contribution in [1.29, 1.82) is 0 Å². The Kier molecular flexibility index (Phi) is 4.96. The maximum Gasteiger partial charge on any atom is 0.334 e. The minimum atomic E-state index is -1.08. The number of anilines is 1. The van der Waals surface area contributed by atoms with E-state index in [9.17, 15) is 9.18 Å². The van der Waals surface area contributed by atoms with Gasteiger partial charge in [-0.1, -0.05) is 35.9 Å². The van der Waals surface area contributed by atoms with Crippen LogP contribution in [-0.2, 0) is 9.53 Å². The van der Waals surface area contributed by atoms with Gasteiger partial charge >= 0.3 is 5.97 Å². The topological polar surface area (TPSA) is 41.9 Å². The summed E-state index contributed by atoms with van der Waals surface area (Å²) in [6.45, 7) is 3.86. The zero-order valence-corrected chi connectivity index (χ0v) is 17.2. The Labute approximate surface area is 173 Å². The van der Waals surface area contributed by atoms with Crippen molar-refractivity contribution < 1.29 is 13.9 Å². The quantitative estimate of drug-likeness (QED) is 0.562. The van der Waals surface area contributed by atoms with Gasteiger partial charge in [0.15, 0.2) is 5.54 Å². The SMILES string of the molecule is COC(=O)C1(C)C(c2cccs2)C(c2ccc(F)cc2)=NN1c1ccc(C)cc1. The molecule has 2 aromatic carbocycles. The Morgan fingerprint density at radius 3 is 2.41 bits per heavy atom. The van der Waals surface area contributed by atoms with Gasteiger partial charge in [-0.25, -0.2) is 14.2 Å². The third-order valence-corrected chi connectivity index (χ3v) is 6.27. The second-order valence-electron chi connectivity index (χ2n) is 7.23. The molecule has 148 valence electrons. The first-order valence-electron chi connectivity index (χ1n) is 9.28. The van der Waals surface area contributed by atoms with Gasteiger partial charge in [0.1, 0.15) is 5.82 Å². The molecule has 2 atom stereocenters. The first-order valence-corrected chi connectivity index (χ1v) is 10.2. The molecule has 0 amide bonds. The van der Waals surface area contributed by atoms with Crippen LogP contribution in [0.4, 0.5) is 10.1 Å². The standard InChI is InChI=1S/C23H21FN2O2S/c1-15-6-12-18(13-7-15)26-23(2,22(27)28-3)20(19-5-4-14-29-19)21(25-26)16-8-10-17(24)11-9-16/h4-14,20H,1-3H3. The van der Waals surface area contributed by atoms with E-state index in [-0.39, 0.29) is 17.7 Å². The van der Waals surface area contributed by atoms with Crippen LogP contribution in [0.25, 0.3) is 0 Å². The summed E-state index contributed by atoms with van der Waals surface area (Å²) in [7, 11) is 1.39. The molecule has 0 N–H and O–H groups in total. The van der Waals surface area contributed by atoms with Crippen LogP contribution in [0.2, 0.25) is 0 Å². The van der Waals surface area contributed by atoms with Gasteiger partial charge in [0.25, 0.3) is 0 Å². The molecular formula is C23H21FN2O2S. The number of hydrazone groups is 1. The first-order chi connectivity index (χ1) is 13.9. The lowest BCUT2D eigenvalue weighted by Gasteiger charge is -2.36. The fourth-order valence-electron chi connectivity index (χ4n) is 3.79. The number of hydrogen-bond donors (Lipinski definition) is 0. The van der Waals surface area contributed by atoms with Crippen molar-refractivity contribution in [3.05, 3.63) is 87.9 Å². The largest absolute Gasteiger partial charge is 0.467 e. The Bertz CT molecular complexity index is 1050. The van der Waals surface area contributed by atoms with E-state index in [0.717, 1.165) is 21.7 Å². The molecule has 0 fully saturated rings. The Morgan fingerprint density at radius 1 is 1.14 bits per heavy atom. The van der Waals surface area contributed by atoms with Crippen LogP contribution in [0.1, 0.15) is 28.8 Å². The second-order valence-corrected chi connectivity index (χ2v) is 8.21. The van der Waals surface area contributed by atoms with E-state index in [1.54, 1.807) is 28.5 Å². The average Bonchev–Trinajstić information content (AvgIpc) is 3.35. The highest BCUT2D eigenvalue weighted by atomic mass is 32.1. The summed E-state index contributed by atoms with van der Waals surface area (Å²) in [6.07, 6.45) is 0. The van der Waals surface area contributed by atoms with Crippen LogP contribution in [-0.4, -0.2) is 24.3 Å². The number of nitrogens with zero attached hydrogens (tertiary/aromatic N) is 2. The molecule has 2 unspecified atom stereocenters. The molecule has 4 rings (SSSR count). The lowest BCUT2D eigenvalue weighted by atomic mass is 9.79. The molecule has 2 heterocycles. The van der Waals surface area contributed by atoms with Crippen molar-refractivity contribution in [2.75, 3.05) is 12.1 Å². The van der Waals surface area contributed by atoms with E-state index in [4.69, 9.17) is 9.84 Å². The summed E-state index contributed by atoms with van der Waals surface area (Å²) in [5, 5.41) is 8.59. The number of esters is 1. The van der Waals surface area contributed by atoms with Gasteiger partial charge in [-0.05, 0) is 55.1 Å². The zero-order valence-electron chi connectivity index (χ0n) is 16.4. The average molecular weight is 408 g/mol. The number of carbonyl (C=O) groups excluding carboxylic acids is 1. The molecule has 1 aliphatic heterocycles. The molecule has 0 radical (unpaired) electrons. The minimum Gasteiger partial charge on any atom is -0.467 e. The van der Waals surface area contributed by atoms with E-state index < -0.39 is 5.54 Å². The molecule has 0 bridgehead atoms. The zero-order chi connectivity index (χ0) is 20.6. The van der Waals surface area contributed by atoms with Crippen molar-refractivity contribution in [3.8, 4) is 0 Å². The fourth-order valence-corrected chi connectivity index (χ4v) is 4.74. The maximum absolute atomic E-state index is 13.5. The monoisotopic (exact) mass is 408 g/mol. The van der Waals surface area contributed by atoms with E-state index >= 15 is 0 Å². The van der Waals surface area contributed by atoms with Gasteiger partial charge in [0, 0.05) is 4.88 Å². The van der Waals surface area contributed by atoms with Gasteiger partial charge in [-0.3, -0.25) is 0 Å². The highest BCUT2D eigenvalue weighted by Crippen LogP contribution is 2.46. The molecule has 29 heavy (non-hydrogen) atoms. The smallest absolute Gasteiger partial charge is 0.334 e. The lowest BCUT2D eigenvalue weighted by molar-refractivity contribution is -0.146. The first kappa shape index (κ1) is 19.3. The van der Waals surface area contributed by atoms with Crippen molar-refractivity contribution in [1.82, 2.24) is 0 Å². The normalized spacial score (nSPS) is 21.2. The van der Waals surface area contributed by atoms with Gasteiger partial charge in [-0.15, -0.1) is 11.3 Å². The van der Waals surface area contributed by atoms with Crippen LogP contribution in [0.15, 0.2) is 71.1 Å². The van der Waals surface area contributed by atoms with Crippen molar-refractivity contribution >= 4 is 28.7 Å². The summed E-state index contributed by atoms with van der Waals surface area (Å²) in [4.78, 5) is 14.1. The van der Waals surface area contributed by atoms with E-state index in [2.05, 4.69) is 0 Å². The summed E-state index contributed by atoms with van der Waals surface area (Å²) in [5.41, 5.74) is 2.31. The third-order valence-electron chi connectivity index (χ3n) is 5.33. The van der Waals surface area contributed by atoms with Crippen LogP contribution < -0.4 is 5.01 Å². The molecule has 0 aliphatic carbocycles. The number of benzene rings is 2. The molecule has 6 heteroatoms. The molecule has 1 aliphatic rings. The molecule has 0 saturated carbocycles. The van der Waals surface area contributed by atoms with E-state index in [0.29, 0.717) is 5.71 Å². The number of thiophene rings is 1. The number of rotatable bonds is 4. The Morgan fingerprint density at radius 2 is 1.83 bits per heavy atom. The van der Waals surface area contributed by atoms with Crippen LogP contribution in [0.5, 0.6) is 0 Å². The number of halogens is 1.